The van der Waals surface area contributed by atoms with Crippen LogP contribution < -0.4 is 10.1 Å². The number of aryl methyl sites for hydroxylation is 2. The van der Waals surface area contributed by atoms with Crippen molar-refractivity contribution < 1.29 is 4.74 Å². The molecular formula is C15H20N2OS. The minimum atomic E-state index is 0.327. The second kappa shape index (κ2) is 6.17. The first-order valence-corrected chi connectivity index (χ1v) is 7.22. The molecule has 1 heterocycles. The topological polar surface area (TPSA) is 34.1 Å². The summed E-state index contributed by atoms with van der Waals surface area (Å²) in [6, 6.07) is 8.48. The Morgan fingerprint density at radius 1 is 1.26 bits per heavy atom. The molecule has 0 aliphatic carbocycles. The molecule has 0 amide bonds. The van der Waals surface area contributed by atoms with Gasteiger partial charge in [-0.15, -0.1) is 11.3 Å². The molecule has 0 bridgehead atoms. The number of nitrogens with zero attached hydrogens (tertiary/aromatic N) is 1. The number of methoxy groups -OCH3 is 1. The molecule has 1 unspecified atom stereocenters. The number of hydrogen-bond donors (Lipinski definition) is 1. The van der Waals surface area contributed by atoms with E-state index in [1.165, 1.54) is 10.4 Å². The van der Waals surface area contributed by atoms with E-state index in [1.807, 2.05) is 12.1 Å². The summed E-state index contributed by atoms with van der Waals surface area (Å²) < 4.78 is 5.16. The third kappa shape index (κ3) is 3.55. The second-order valence-electron chi connectivity index (χ2n) is 4.63. The van der Waals surface area contributed by atoms with Gasteiger partial charge >= 0.3 is 0 Å². The number of hydrogen-bond acceptors (Lipinski definition) is 4. The highest BCUT2D eigenvalue weighted by molar-refractivity contribution is 7.11. The molecule has 0 spiro atoms. The average Bonchev–Trinajstić information content (AvgIpc) is 2.75. The number of rotatable bonds is 5. The lowest BCUT2D eigenvalue weighted by Crippen LogP contribution is -2.17. The minimum absolute atomic E-state index is 0.327. The van der Waals surface area contributed by atoms with Crippen molar-refractivity contribution in [2.45, 2.75) is 33.4 Å². The van der Waals surface area contributed by atoms with Crippen LogP contribution in [0, 0.1) is 13.8 Å². The predicted molar refractivity (Wildman–Crippen MR) is 79.8 cm³/mol. The van der Waals surface area contributed by atoms with Crippen molar-refractivity contribution >= 4 is 11.3 Å². The first-order valence-electron chi connectivity index (χ1n) is 6.40. The summed E-state index contributed by atoms with van der Waals surface area (Å²) in [4.78, 5) is 5.80. The maximum absolute atomic E-state index is 5.16. The van der Waals surface area contributed by atoms with Crippen LogP contribution >= 0.6 is 11.3 Å². The Balaban J connectivity index is 1.96. The van der Waals surface area contributed by atoms with Gasteiger partial charge in [0, 0.05) is 17.5 Å². The van der Waals surface area contributed by atoms with Crippen LogP contribution in [-0.2, 0) is 6.54 Å². The van der Waals surface area contributed by atoms with Gasteiger partial charge in [0.15, 0.2) is 0 Å². The van der Waals surface area contributed by atoms with Crippen LogP contribution in [0.2, 0.25) is 0 Å². The molecule has 2 aromatic rings. The second-order valence-corrected chi connectivity index (χ2v) is 5.87. The summed E-state index contributed by atoms with van der Waals surface area (Å²) in [5.74, 6) is 0.894. The minimum Gasteiger partial charge on any atom is -0.497 e. The molecule has 4 heteroatoms. The molecule has 1 aromatic heterocycles. The molecule has 2 rings (SSSR count). The Morgan fingerprint density at radius 2 is 1.95 bits per heavy atom. The molecule has 0 saturated heterocycles. The van der Waals surface area contributed by atoms with Crippen molar-refractivity contribution in [2.75, 3.05) is 7.11 Å². The van der Waals surface area contributed by atoms with Gasteiger partial charge in [-0.2, -0.15) is 0 Å². The fraction of sp³-hybridized carbons (Fsp3) is 0.400. The van der Waals surface area contributed by atoms with Gasteiger partial charge in [-0.1, -0.05) is 12.1 Å². The quantitative estimate of drug-likeness (QED) is 0.905. The van der Waals surface area contributed by atoms with Crippen LogP contribution in [0.3, 0.4) is 0 Å². The summed E-state index contributed by atoms with van der Waals surface area (Å²) in [5.41, 5.74) is 2.39. The average molecular weight is 276 g/mol. The molecule has 0 aliphatic rings. The first-order chi connectivity index (χ1) is 9.10. The molecule has 102 valence electrons. The van der Waals surface area contributed by atoms with Crippen molar-refractivity contribution in [2.24, 2.45) is 0 Å². The Bertz CT molecular complexity index is 534. The van der Waals surface area contributed by atoms with Gasteiger partial charge in [-0.25, -0.2) is 4.98 Å². The van der Waals surface area contributed by atoms with E-state index in [2.05, 4.69) is 43.2 Å². The molecule has 0 radical (unpaired) electrons. The standard InChI is InChI=1S/C15H20N2OS/c1-10(15-11(2)17-12(3)19-15)16-9-13-5-7-14(18-4)8-6-13/h5-8,10,16H,9H2,1-4H3. The maximum atomic E-state index is 5.16. The van der Waals surface area contributed by atoms with Crippen molar-refractivity contribution in [3.8, 4) is 5.75 Å². The SMILES string of the molecule is COc1ccc(CNC(C)c2sc(C)nc2C)cc1. The first kappa shape index (κ1) is 14.0. The molecule has 1 N–H and O–H groups in total. The highest BCUT2D eigenvalue weighted by Gasteiger charge is 2.12. The van der Waals surface area contributed by atoms with Gasteiger partial charge in [0.25, 0.3) is 0 Å². The van der Waals surface area contributed by atoms with Crippen molar-refractivity contribution in [1.82, 2.24) is 10.3 Å². The number of aromatic nitrogens is 1. The number of thiazole rings is 1. The van der Waals surface area contributed by atoms with E-state index < -0.39 is 0 Å². The molecule has 3 nitrogen and oxygen atoms in total. The lowest BCUT2D eigenvalue weighted by Gasteiger charge is -2.13. The smallest absolute Gasteiger partial charge is 0.118 e. The Kier molecular flexibility index (Phi) is 4.56. The van der Waals surface area contributed by atoms with Gasteiger partial charge in [-0.05, 0) is 38.5 Å². The van der Waals surface area contributed by atoms with E-state index in [9.17, 15) is 0 Å². The predicted octanol–water partition coefficient (Wildman–Crippen LogP) is 3.62. The summed E-state index contributed by atoms with van der Waals surface area (Å²) in [6.07, 6.45) is 0. The molecule has 1 atom stereocenters. The van der Waals surface area contributed by atoms with Gasteiger partial charge in [0.1, 0.15) is 5.75 Å². The molecule has 1 aromatic carbocycles. The van der Waals surface area contributed by atoms with Crippen LogP contribution in [-0.4, -0.2) is 12.1 Å². The lowest BCUT2D eigenvalue weighted by atomic mass is 10.2. The Morgan fingerprint density at radius 3 is 2.47 bits per heavy atom. The summed E-state index contributed by atoms with van der Waals surface area (Å²) in [6.45, 7) is 7.16. The number of ether oxygens (including phenoxy) is 1. The Labute approximate surface area is 118 Å². The third-order valence-corrected chi connectivity index (χ3v) is 4.36. The van der Waals surface area contributed by atoms with Crippen LogP contribution in [0.15, 0.2) is 24.3 Å². The zero-order chi connectivity index (χ0) is 13.8. The van der Waals surface area contributed by atoms with E-state index in [0.717, 1.165) is 23.0 Å². The van der Waals surface area contributed by atoms with E-state index in [1.54, 1.807) is 18.4 Å². The van der Waals surface area contributed by atoms with Crippen LogP contribution in [0.25, 0.3) is 0 Å². The van der Waals surface area contributed by atoms with Crippen LogP contribution in [0.5, 0.6) is 5.75 Å². The van der Waals surface area contributed by atoms with Crippen LogP contribution in [0.4, 0.5) is 0 Å². The number of nitrogens with one attached hydrogen (secondary N) is 1. The van der Waals surface area contributed by atoms with E-state index in [4.69, 9.17) is 4.74 Å². The molecule has 19 heavy (non-hydrogen) atoms. The van der Waals surface area contributed by atoms with Gasteiger partial charge < -0.3 is 10.1 Å². The van der Waals surface area contributed by atoms with E-state index in [-0.39, 0.29) is 0 Å². The normalized spacial score (nSPS) is 12.4. The largest absolute Gasteiger partial charge is 0.497 e. The fourth-order valence-corrected chi connectivity index (χ4v) is 3.01. The maximum Gasteiger partial charge on any atom is 0.118 e. The number of benzene rings is 1. The highest BCUT2D eigenvalue weighted by atomic mass is 32.1. The third-order valence-electron chi connectivity index (χ3n) is 3.10. The van der Waals surface area contributed by atoms with Gasteiger partial charge in [0.05, 0.1) is 17.8 Å². The highest BCUT2D eigenvalue weighted by Crippen LogP contribution is 2.24. The fourth-order valence-electron chi connectivity index (χ4n) is 2.06. The van der Waals surface area contributed by atoms with Crippen molar-refractivity contribution in [1.29, 1.82) is 0 Å². The van der Waals surface area contributed by atoms with Crippen molar-refractivity contribution in [3.63, 3.8) is 0 Å². The zero-order valence-corrected chi connectivity index (χ0v) is 12.7. The molecule has 0 aliphatic heterocycles. The molecule has 0 saturated carbocycles. The van der Waals surface area contributed by atoms with Gasteiger partial charge in [-0.3, -0.25) is 0 Å². The monoisotopic (exact) mass is 276 g/mol. The summed E-state index contributed by atoms with van der Waals surface area (Å²) >= 11 is 1.77. The molecular weight excluding hydrogens is 256 g/mol. The van der Waals surface area contributed by atoms with E-state index in [0.29, 0.717) is 6.04 Å². The Hall–Kier alpha value is -1.39. The van der Waals surface area contributed by atoms with Crippen LogP contribution in [0.1, 0.15) is 34.1 Å². The van der Waals surface area contributed by atoms with E-state index >= 15 is 0 Å². The zero-order valence-electron chi connectivity index (χ0n) is 11.9. The van der Waals surface area contributed by atoms with Gasteiger partial charge in [0.2, 0.25) is 0 Å². The summed E-state index contributed by atoms with van der Waals surface area (Å²) in [7, 11) is 1.68. The lowest BCUT2D eigenvalue weighted by molar-refractivity contribution is 0.414. The van der Waals surface area contributed by atoms with Crippen molar-refractivity contribution in [3.05, 3.63) is 45.4 Å². The molecule has 0 fully saturated rings. The summed E-state index contributed by atoms with van der Waals surface area (Å²) in [5, 5.41) is 4.67.